The second kappa shape index (κ2) is 11.8. The number of carboxylic acids is 1. The Morgan fingerprint density at radius 2 is 1.87 bits per heavy atom. The van der Waals surface area contributed by atoms with Crippen molar-refractivity contribution >= 4 is 33.8 Å². The lowest BCUT2D eigenvalue weighted by Crippen LogP contribution is -2.16. The van der Waals surface area contributed by atoms with Gasteiger partial charge >= 0.3 is 5.97 Å². The Hall–Kier alpha value is -3.07. The molecule has 8 nitrogen and oxygen atoms in total. The van der Waals surface area contributed by atoms with Crippen LogP contribution in [0.5, 0.6) is 0 Å². The maximum atomic E-state index is 11.8. The van der Waals surface area contributed by atoms with Gasteiger partial charge in [0.05, 0.1) is 17.6 Å². The van der Waals surface area contributed by atoms with Crippen LogP contribution >= 0.6 is 0 Å². The van der Waals surface area contributed by atoms with Gasteiger partial charge in [0.1, 0.15) is 11.3 Å². The highest BCUT2D eigenvalue weighted by molar-refractivity contribution is 6.11. The van der Waals surface area contributed by atoms with E-state index in [0.717, 1.165) is 35.2 Å². The van der Waals surface area contributed by atoms with Crippen LogP contribution < -0.4 is 11.1 Å². The first-order valence-electron chi connectivity index (χ1n) is 9.82. The van der Waals surface area contributed by atoms with Crippen molar-refractivity contribution in [2.24, 2.45) is 5.73 Å². The number of aromatic nitrogens is 3. The number of nitrogens with two attached hydrogens (primary N) is 1. The molecule has 0 saturated carbocycles. The number of nitrogens with one attached hydrogen (secondary N) is 1. The molecule has 0 aliphatic rings. The number of aryl methyl sites for hydroxylation is 2. The number of aliphatic carboxylic acids is 1. The molecule has 0 fully saturated rings. The number of carbonyl (C=O) groups excluding carboxylic acids is 1. The summed E-state index contributed by atoms with van der Waals surface area (Å²) in [5.41, 5.74) is 8.14. The van der Waals surface area contributed by atoms with Crippen LogP contribution in [0.4, 0.5) is 4.70 Å². The van der Waals surface area contributed by atoms with Crippen molar-refractivity contribution in [3.63, 3.8) is 0 Å². The van der Waals surface area contributed by atoms with Gasteiger partial charge in [0.25, 0.3) is 5.91 Å². The van der Waals surface area contributed by atoms with Gasteiger partial charge in [-0.3, -0.25) is 14.3 Å². The first-order chi connectivity index (χ1) is 13.9. The molecule has 2 heterocycles. The summed E-state index contributed by atoms with van der Waals surface area (Å²) < 4.78 is 2.20. The number of rotatable bonds is 8. The first kappa shape index (κ1) is 25.0. The van der Waals surface area contributed by atoms with Crippen LogP contribution in [0.25, 0.3) is 21.9 Å². The second-order valence-corrected chi connectivity index (χ2v) is 6.83. The first-order valence-corrected chi connectivity index (χ1v) is 9.82. The lowest BCUT2D eigenvalue weighted by molar-refractivity contribution is -0.135. The average molecular weight is 420 g/mol. The zero-order chi connectivity index (χ0) is 21.4. The fraction of sp³-hybridized carbons (Fsp3) is 0.429. The maximum absolute atomic E-state index is 11.8. The van der Waals surface area contributed by atoms with Crippen molar-refractivity contribution in [2.75, 3.05) is 13.6 Å². The van der Waals surface area contributed by atoms with E-state index in [1.54, 1.807) is 7.05 Å². The molecule has 9 heteroatoms. The molecule has 0 bridgehead atoms. The van der Waals surface area contributed by atoms with E-state index in [2.05, 4.69) is 26.8 Å². The highest BCUT2D eigenvalue weighted by Gasteiger charge is 2.18. The van der Waals surface area contributed by atoms with Crippen molar-refractivity contribution in [1.29, 1.82) is 0 Å². The van der Waals surface area contributed by atoms with Crippen molar-refractivity contribution in [1.82, 2.24) is 19.9 Å². The van der Waals surface area contributed by atoms with Crippen LogP contribution in [0.3, 0.4) is 0 Å². The van der Waals surface area contributed by atoms with E-state index in [4.69, 9.17) is 10.8 Å². The lowest BCUT2D eigenvalue weighted by Gasteiger charge is -2.09. The van der Waals surface area contributed by atoms with E-state index in [1.165, 1.54) is 19.3 Å². The van der Waals surface area contributed by atoms with Crippen molar-refractivity contribution in [3.8, 4) is 0 Å². The molecule has 1 amide bonds. The van der Waals surface area contributed by atoms with E-state index in [-0.39, 0.29) is 16.9 Å². The molecule has 30 heavy (non-hydrogen) atoms. The third kappa shape index (κ3) is 5.96. The smallest absolute Gasteiger partial charge is 0.317 e. The highest BCUT2D eigenvalue weighted by atomic mass is 19.0. The van der Waals surface area contributed by atoms with Gasteiger partial charge in [0, 0.05) is 11.9 Å². The molecule has 4 N–H and O–H groups in total. The third-order valence-corrected chi connectivity index (χ3v) is 4.57. The fourth-order valence-corrected chi connectivity index (χ4v) is 3.24. The molecule has 3 aromatic rings. The predicted octanol–water partition coefficient (Wildman–Crippen LogP) is 3.02. The molecule has 0 saturated heterocycles. The molecule has 3 rings (SSSR count). The minimum Gasteiger partial charge on any atom is -0.480 e. The number of hydrogen-bond acceptors (Lipinski definition) is 5. The number of carbonyl (C=O) groups is 2. The van der Waals surface area contributed by atoms with Gasteiger partial charge in [-0.05, 0) is 26.5 Å². The molecule has 0 aliphatic heterocycles. The quantitative estimate of drug-likeness (QED) is 0.482. The summed E-state index contributed by atoms with van der Waals surface area (Å²) in [5.74, 6) is -0.453. The number of benzene rings is 1. The largest absolute Gasteiger partial charge is 0.480 e. The van der Waals surface area contributed by atoms with E-state index < -0.39 is 11.9 Å². The van der Waals surface area contributed by atoms with E-state index in [1.807, 2.05) is 31.2 Å². The summed E-state index contributed by atoms with van der Waals surface area (Å²) >= 11 is 0. The van der Waals surface area contributed by atoms with Crippen LogP contribution in [0, 0.1) is 6.92 Å². The number of halogens is 1. The van der Waals surface area contributed by atoms with Gasteiger partial charge in [0.15, 0.2) is 5.69 Å². The third-order valence-electron chi connectivity index (χ3n) is 4.57. The van der Waals surface area contributed by atoms with Crippen LogP contribution in [0.2, 0.25) is 0 Å². The minimum atomic E-state index is -0.822. The molecule has 164 valence electrons. The number of nitrogens with zero attached hydrogens (tertiary/aromatic N) is 3. The van der Waals surface area contributed by atoms with Crippen molar-refractivity contribution in [2.45, 2.75) is 46.1 Å². The number of carboxylic acid groups (broad SMARTS) is 1. The van der Waals surface area contributed by atoms with Gasteiger partial charge < -0.3 is 20.7 Å². The van der Waals surface area contributed by atoms with Crippen molar-refractivity contribution in [3.05, 3.63) is 35.8 Å². The Kier molecular flexibility index (Phi) is 9.83. The molecular weight excluding hydrogens is 389 g/mol. The topological polar surface area (TPSA) is 123 Å². The van der Waals surface area contributed by atoms with Crippen LogP contribution in [0.1, 0.15) is 48.9 Å². The molecule has 2 aromatic heterocycles. The monoisotopic (exact) mass is 419 g/mol. The summed E-state index contributed by atoms with van der Waals surface area (Å²) in [7, 11) is 1.59. The molecule has 0 spiro atoms. The number of para-hydroxylation sites is 1. The zero-order valence-corrected chi connectivity index (χ0v) is 17.6. The number of likely N-dealkylation sites (N-methyl/N-ethyl adjacent to an activating group) is 1. The van der Waals surface area contributed by atoms with E-state index >= 15 is 0 Å². The lowest BCUT2D eigenvalue weighted by atomic mass is 10.1. The Labute approximate surface area is 174 Å². The molecule has 0 aliphatic carbocycles. The highest BCUT2D eigenvalue weighted by Crippen LogP contribution is 2.27. The second-order valence-electron chi connectivity index (χ2n) is 6.83. The van der Waals surface area contributed by atoms with Gasteiger partial charge in [-0.15, -0.1) is 0 Å². The number of unbranched alkanes of at least 4 members (excludes halogenated alkanes) is 3. The van der Waals surface area contributed by atoms with E-state index in [9.17, 15) is 9.59 Å². The standard InChI is InChI=1S/C18H22N4O.C3H7NO2.FH/c1-3-4-5-8-11-22-12(2)20-15-16(18(19)23)21-14-10-7-6-9-13(14)17(15)22;1-4-2-3(5)6;/h6-7,9-10H,3-5,8,11H2,1-2H3,(H2,19,23);4H,2H2,1H3,(H,5,6);1H. The Balaban J connectivity index is 0.000000567. The number of pyridine rings is 1. The van der Waals surface area contributed by atoms with Crippen LogP contribution in [-0.4, -0.2) is 45.1 Å². The average Bonchev–Trinajstić information content (AvgIpc) is 3.01. The molecule has 0 atom stereocenters. The van der Waals surface area contributed by atoms with Crippen molar-refractivity contribution < 1.29 is 19.4 Å². The number of imidazole rings is 1. The van der Waals surface area contributed by atoms with Gasteiger partial charge in [0.2, 0.25) is 0 Å². The number of amides is 1. The predicted molar refractivity (Wildman–Crippen MR) is 116 cm³/mol. The summed E-state index contributed by atoms with van der Waals surface area (Å²) in [5, 5.41) is 11.3. The Bertz CT molecular complexity index is 1000. The fourth-order valence-electron chi connectivity index (χ4n) is 3.24. The van der Waals surface area contributed by atoms with Gasteiger partial charge in [-0.25, -0.2) is 9.97 Å². The molecule has 1 aromatic carbocycles. The molecular formula is C21H30FN5O3. The Morgan fingerprint density at radius 3 is 2.43 bits per heavy atom. The van der Waals surface area contributed by atoms with Gasteiger partial charge in [-0.2, -0.15) is 0 Å². The maximum Gasteiger partial charge on any atom is 0.317 e. The SMILES string of the molecule is CCCCCCn1c(C)nc2c(C(N)=O)nc3ccccc3c21.CNCC(=O)O.F. The minimum absolute atomic E-state index is 0. The number of primary amides is 1. The van der Waals surface area contributed by atoms with Gasteiger partial charge in [-0.1, -0.05) is 44.4 Å². The van der Waals surface area contributed by atoms with E-state index in [0.29, 0.717) is 5.52 Å². The normalized spacial score (nSPS) is 10.4. The Morgan fingerprint density at radius 1 is 1.17 bits per heavy atom. The number of fused-ring (bicyclic) bond motifs is 3. The van der Waals surface area contributed by atoms with Crippen LogP contribution in [0.15, 0.2) is 24.3 Å². The summed E-state index contributed by atoms with van der Waals surface area (Å²) in [4.78, 5) is 30.3. The van der Waals surface area contributed by atoms with Crippen LogP contribution in [-0.2, 0) is 11.3 Å². The molecule has 0 unspecified atom stereocenters. The number of hydrogen-bond donors (Lipinski definition) is 3. The summed E-state index contributed by atoms with van der Waals surface area (Å²) in [6.07, 6.45) is 4.74. The molecule has 0 radical (unpaired) electrons. The summed E-state index contributed by atoms with van der Waals surface area (Å²) in [6.45, 7) is 5.12. The zero-order valence-electron chi connectivity index (χ0n) is 17.6. The summed E-state index contributed by atoms with van der Waals surface area (Å²) in [6, 6.07) is 7.84.